The molecule has 0 aliphatic heterocycles. The average Bonchev–Trinajstić information content (AvgIpc) is 3.16. The zero-order valence-corrected chi connectivity index (χ0v) is 13.9. The van der Waals surface area contributed by atoms with Gasteiger partial charge in [-0.25, -0.2) is 18.7 Å². The quantitative estimate of drug-likeness (QED) is 0.577. The monoisotopic (exact) mass is 347 g/mol. The number of aromatic nitrogens is 3. The summed E-state index contributed by atoms with van der Waals surface area (Å²) < 4.78 is 30.9. The Morgan fingerprint density at radius 1 is 1.12 bits per heavy atom. The molecule has 1 aromatic carbocycles. The van der Waals surface area contributed by atoms with E-state index >= 15 is 0 Å². The number of fused-ring (bicyclic) bond motifs is 1. The van der Waals surface area contributed by atoms with Crippen LogP contribution in [-0.2, 0) is 0 Å². The van der Waals surface area contributed by atoms with Crippen molar-refractivity contribution in [2.45, 2.75) is 38.6 Å². The van der Waals surface area contributed by atoms with Gasteiger partial charge in [0.2, 0.25) is 5.28 Å². The molecule has 0 unspecified atom stereocenters. The van der Waals surface area contributed by atoms with E-state index in [-0.39, 0.29) is 16.8 Å². The highest BCUT2D eigenvalue weighted by Crippen LogP contribution is 2.37. The van der Waals surface area contributed by atoms with E-state index in [2.05, 4.69) is 14.5 Å². The minimum absolute atomic E-state index is 0.0209. The lowest BCUT2D eigenvalue weighted by atomic mass is 10.1. The van der Waals surface area contributed by atoms with Gasteiger partial charge in [-0.05, 0) is 49.6 Å². The van der Waals surface area contributed by atoms with Crippen molar-refractivity contribution in [2.75, 3.05) is 0 Å². The number of nitrogens with zero attached hydrogens (tertiary/aromatic N) is 3. The van der Waals surface area contributed by atoms with Gasteiger partial charge in [0.05, 0.1) is 11.7 Å². The molecule has 3 nitrogen and oxygen atoms in total. The Morgan fingerprint density at radius 2 is 1.88 bits per heavy atom. The molecule has 24 heavy (non-hydrogen) atoms. The standard InChI is InChI=1S/C18H16ClF2N3/c1-10-6-13-14(20)7-11(17-15(21)9-22-18(19)23-17)8-16(13)24(10)12-4-2-3-5-12/h6-9,12H,2-5H2,1H3. The van der Waals surface area contributed by atoms with Gasteiger partial charge in [0.15, 0.2) is 5.82 Å². The molecule has 0 amide bonds. The van der Waals surface area contributed by atoms with E-state index in [9.17, 15) is 8.78 Å². The Bertz CT molecular complexity index is 930. The number of halogens is 3. The summed E-state index contributed by atoms with van der Waals surface area (Å²) in [5.74, 6) is -0.995. The second-order valence-corrected chi connectivity index (χ2v) is 6.66. The number of benzene rings is 1. The first-order valence-electron chi connectivity index (χ1n) is 8.04. The van der Waals surface area contributed by atoms with Crippen molar-refractivity contribution in [3.05, 3.63) is 47.0 Å². The fourth-order valence-corrected chi connectivity index (χ4v) is 3.88. The Hall–Kier alpha value is -2.01. The summed E-state index contributed by atoms with van der Waals surface area (Å²) in [5, 5.41) is 0.498. The van der Waals surface area contributed by atoms with Gasteiger partial charge in [-0.15, -0.1) is 0 Å². The summed E-state index contributed by atoms with van der Waals surface area (Å²) in [6, 6.07) is 5.33. The summed E-state index contributed by atoms with van der Waals surface area (Å²) >= 11 is 5.78. The van der Waals surface area contributed by atoms with Crippen LogP contribution in [0.15, 0.2) is 24.4 Å². The average molecular weight is 348 g/mol. The highest BCUT2D eigenvalue weighted by molar-refractivity contribution is 6.28. The molecule has 0 atom stereocenters. The molecule has 124 valence electrons. The molecule has 1 aliphatic rings. The maximum Gasteiger partial charge on any atom is 0.223 e. The summed E-state index contributed by atoms with van der Waals surface area (Å²) in [5.41, 5.74) is 2.20. The fraction of sp³-hybridized carbons (Fsp3) is 0.333. The number of rotatable bonds is 2. The van der Waals surface area contributed by atoms with Gasteiger partial charge in [0, 0.05) is 22.7 Å². The van der Waals surface area contributed by atoms with Crippen LogP contribution in [0.2, 0.25) is 5.28 Å². The molecule has 0 saturated heterocycles. The van der Waals surface area contributed by atoms with E-state index in [0.29, 0.717) is 17.0 Å². The number of hydrogen-bond acceptors (Lipinski definition) is 2. The fourth-order valence-electron chi connectivity index (χ4n) is 3.75. The highest BCUT2D eigenvalue weighted by atomic mass is 35.5. The second-order valence-electron chi connectivity index (χ2n) is 6.32. The molecular weight excluding hydrogens is 332 g/mol. The van der Waals surface area contributed by atoms with E-state index in [4.69, 9.17) is 11.6 Å². The summed E-state index contributed by atoms with van der Waals surface area (Å²) in [7, 11) is 0. The van der Waals surface area contributed by atoms with Crippen LogP contribution < -0.4 is 0 Å². The number of hydrogen-bond donors (Lipinski definition) is 0. The van der Waals surface area contributed by atoms with Crippen LogP contribution >= 0.6 is 11.6 Å². The third kappa shape index (κ3) is 2.47. The minimum atomic E-state index is -0.617. The third-order valence-electron chi connectivity index (χ3n) is 4.78. The molecule has 2 heterocycles. The Kier molecular flexibility index (Phi) is 3.76. The van der Waals surface area contributed by atoms with Gasteiger partial charge >= 0.3 is 0 Å². The van der Waals surface area contributed by atoms with Crippen molar-refractivity contribution in [2.24, 2.45) is 0 Å². The normalized spacial score (nSPS) is 15.5. The lowest BCUT2D eigenvalue weighted by Crippen LogP contribution is -2.06. The van der Waals surface area contributed by atoms with Crippen LogP contribution in [-0.4, -0.2) is 14.5 Å². The molecule has 0 spiro atoms. The predicted octanol–water partition coefficient (Wildman–Crippen LogP) is 5.45. The Balaban J connectivity index is 1.95. The summed E-state index contributed by atoms with van der Waals surface area (Å²) in [4.78, 5) is 7.54. The summed E-state index contributed by atoms with van der Waals surface area (Å²) in [6.07, 6.45) is 5.55. The van der Waals surface area contributed by atoms with Gasteiger partial charge in [-0.3, -0.25) is 0 Å². The van der Waals surface area contributed by atoms with Gasteiger partial charge in [0.1, 0.15) is 11.5 Å². The van der Waals surface area contributed by atoms with Crippen LogP contribution in [0.4, 0.5) is 8.78 Å². The molecule has 2 aromatic heterocycles. The molecule has 1 saturated carbocycles. The zero-order valence-electron chi connectivity index (χ0n) is 13.2. The molecular formula is C18H16ClF2N3. The SMILES string of the molecule is Cc1cc2c(F)cc(-c3nc(Cl)ncc3F)cc2n1C1CCCC1. The summed E-state index contributed by atoms with van der Waals surface area (Å²) in [6.45, 7) is 1.99. The van der Waals surface area contributed by atoms with E-state index in [1.54, 1.807) is 6.07 Å². The van der Waals surface area contributed by atoms with Crippen molar-refractivity contribution in [1.29, 1.82) is 0 Å². The van der Waals surface area contributed by atoms with Gasteiger partial charge < -0.3 is 4.57 Å². The van der Waals surface area contributed by atoms with E-state index in [1.165, 1.54) is 18.9 Å². The molecule has 0 N–H and O–H groups in total. The van der Waals surface area contributed by atoms with Crippen molar-refractivity contribution in [1.82, 2.24) is 14.5 Å². The minimum Gasteiger partial charge on any atom is -0.342 e. The van der Waals surface area contributed by atoms with Crippen LogP contribution in [0, 0.1) is 18.6 Å². The topological polar surface area (TPSA) is 30.7 Å². The van der Waals surface area contributed by atoms with Crippen LogP contribution in [0.3, 0.4) is 0 Å². The maximum absolute atomic E-state index is 14.6. The molecule has 3 aromatic rings. The lowest BCUT2D eigenvalue weighted by molar-refractivity contribution is 0.525. The first-order chi connectivity index (χ1) is 11.5. The smallest absolute Gasteiger partial charge is 0.223 e. The van der Waals surface area contributed by atoms with Gasteiger partial charge in [-0.2, -0.15) is 0 Å². The third-order valence-corrected chi connectivity index (χ3v) is 4.96. The van der Waals surface area contributed by atoms with Crippen molar-refractivity contribution in [3.8, 4) is 11.3 Å². The van der Waals surface area contributed by atoms with Crippen molar-refractivity contribution >= 4 is 22.5 Å². The second kappa shape index (κ2) is 5.81. The van der Waals surface area contributed by atoms with Gasteiger partial charge in [-0.1, -0.05) is 12.8 Å². The van der Waals surface area contributed by atoms with Crippen molar-refractivity contribution in [3.63, 3.8) is 0 Å². The van der Waals surface area contributed by atoms with Crippen LogP contribution in [0.25, 0.3) is 22.2 Å². The largest absolute Gasteiger partial charge is 0.342 e. The van der Waals surface area contributed by atoms with Crippen LogP contribution in [0.1, 0.15) is 37.4 Å². The van der Waals surface area contributed by atoms with E-state index < -0.39 is 5.82 Å². The molecule has 4 rings (SSSR count). The Morgan fingerprint density at radius 3 is 2.62 bits per heavy atom. The first-order valence-corrected chi connectivity index (χ1v) is 8.42. The molecule has 1 fully saturated rings. The van der Waals surface area contributed by atoms with E-state index in [0.717, 1.165) is 30.2 Å². The number of aryl methyl sites for hydroxylation is 1. The van der Waals surface area contributed by atoms with Crippen molar-refractivity contribution < 1.29 is 8.78 Å². The van der Waals surface area contributed by atoms with E-state index in [1.807, 2.05) is 13.0 Å². The first kappa shape index (κ1) is 15.5. The lowest BCUT2D eigenvalue weighted by Gasteiger charge is -2.16. The Labute approximate surface area is 143 Å². The predicted molar refractivity (Wildman–Crippen MR) is 90.1 cm³/mol. The molecule has 6 heteroatoms. The van der Waals surface area contributed by atoms with Gasteiger partial charge in [0.25, 0.3) is 0 Å². The zero-order chi connectivity index (χ0) is 16.8. The highest BCUT2D eigenvalue weighted by Gasteiger charge is 2.22. The molecule has 0 radical (unpaired) electrons. The molecule has 0 bridgehead atoms. The van der Waals surface area contributed by atoms with Crippen LogP contribution in [0.5, 0.6) is 0 Å². The molecule has 1 aliphatic carbocycles. The maximum atomic E-state index is 14.6.